The number of pyridine rings is 1. The van der Waals surface area contributed by atoms with Gasteiger partial charge in [0.1, 0.15) is 13.2 Å². The molecule has 0 saturated heterocycles. The van der Waals surface area contributed by atoms with Crippen molar-refractivity contribution in [1.82, 2.24) is 15.2 Å². The number of hydrogen-bond acceptors (Lipinski definition) is 4. The van der Waals surface area contributed by atoms with E-state index in [4.69, 9.17) is 21.7 Å². The molecule has 1 aliphatic rings. The Morgan fingerprint density at radius 1 is 1.21 bits per heavy atom. The molecule has 3 rings (SSSR count). The van der Waals surface area contributed by atoms with Crippen LogP contribution >= 0.6 is 12.2 Å². The fraction of sp³-hybridized carbons (Fsp3) is 0.524. The summed E-state index contributed by atoms with van der Waals surface area (Å²) in [6, 6.07) is 5.68. The van der Waals surface area contributed by atoms with Gasteiger partial charge in [-0.25, -0.2) is 0 Å². The Balaban J connectivity index is 1.80. The van der Waals surface area contributed by atoms with Gasteiger partial charge in [-0.3, -0.25) is 4.79 Å². The van der Waals surface area contributed by atoms with Crippen molar-refractivity contribution in [2.24, 2.45) is 0 Å². The van der Waals surface area contributed by atoms with Crippen LogP contribution in [0.4, 0.5) is 0 Å². The van der Waals surface area contributed by atoms with Crippen molar-refractivity contribution in [1.29, 1.82) is 0 Å². The van der Waals surface area contributed by atoms with Crippen LogP contribution in [0.25, 0.3) is 10.9 Å². The van der Waals surface area contributed by atoms with Crippen molar-refractivity contribution in [2.75, 3.05) is 46.4 Å². The Hall–Kier alpha value is -2.32. The fourth-order valence-corrected chi connectivity index (χ4v) is 3.80. The first-order chi connectivity index (χ1) is 14.0. The number of nitrogens with one attached hydrogen (secondary N) is 3. The third-order valence-corrected chi connectivity index (χ3v) is 5.87. The highest BCUT2D eigenvalue weighted by Gasteiger charge is 2.16. The average Bonchev–Trinajstić information content (AvgIpc) is 2.74. The zero-order chi connectivity index (χ0) is 20.8. The molecule has 7 nitrogen and oxygen atoms in total. The van der Waals surface area contributed by atoms with E-state index >= 15 is 0 Å². The fourth-order valence-electron chi connectivity index (χ4n) is 3.65. The number of aromatic amines is 1. The van der Waals surface area contributed by atoms with E-state index in [9.17, 15) is 4.79 Å². The minimum Gasteiger partial charge on any atom is -0.486 e. The molecule has 158 valence electrons. The molecular formula is C21H31N4O3S+. The minimum absolute atomic E-state index is 0.104. The van der Waals surface area contributed by atoms with Gasteiger partial charge in [-0.15, -0.1) is 0 Å². The quantitative estimate of drug-likeness (QED) is 0.553. The number of aromatic nitrogens is 1. The number of thiocarbonyl (C=S) groups is 1. The molecule has 0 aliphatic carbocycles. The highest BCUT2D eigenvalue weighted by Crippen LogP contribution is 2.33. The van der Waals surface area contributed by atoms with Gasteiger partial charge in [0.05, 0.1) is 31.7 Å². The molecule has 0 unspecified atom stereocenters. The van der Waals surface area contributed by atoms with Crippen LogP contribution in [0, 0.1) is 0 Å². The molecule has 3 N–H and O–H groups in total. The largest absolute Gasteiger partial charge is 0.486 e. The minimum atomic E-state index is -0.104. The predicted octanol–water partition coefficient (Wildman–Crippen LogP) is 0.920. The smallest absolute Gasteiger partial charge is 0.253 e. The molecule has 2 aromatic rings. The summed E-state index contributed by atoms with van der Waals surface area (Å²) in [4.78, 5) is 19.3. The van der Waals surface area contributed by atoms with Gasteiger partial charge in [0.15, 0.2) is 16.6 Å². The summed E-state index contributed by atoms with van der Waals surface area (Å²) < 4.78 is 11.3. The topological polar surface area (TPSA) is 71.0 Å². The second kappa shape index (κ2) is 9.93. The predicted molar refractivity (Wildman–Crippen MR) is 119 cm³/mol. The van der Waals surface area contributed by atoms with Crippen molar-refractivity contribution in [2.45, 2.75) is 26.8 Å². The van der Waals surface area contributed by atoms with E-state index in [2.05, 4.69) is 29.0 Å². The van der Waals surface area contributed by atoms with Gasteiger partial charge >= 0.3 is 0 Å². The van der Waals surface area contributed by atoms with Crippen molar-refractivity contribution in [3.05, 3.63) is 34.1 Å². The van der Waals surface area contributed by atoms with E-state index in [1.54, 1.807) is 4.90 Å². The van der Waals surface area contributed by atoms with Gasteiger partial charge in [0, 0.05) is 37.0 Å². The lowest BCUT2D eigenvalue weighted by Crippen LogP contribution is -3.11. The first-order valence-electron chi connectivity index (χ1n) is 10.3. The summed E-state index contributed by atoms with van der Waals surface area (Å²) in [6.45, 7) is 10.1. The molecule has 0 atom stereocenters. The zero-order valence-electron chi connectivity index (χ0n) is 17.5. The molecule has 0 amide bonds. The SMILES string of the molecule is CC[NH+](CC)CCCN(Cc1cc2cc3c(cc2[nH]c1=O)OCCO3)C(=S)NC. The van der Waals surface area contributed by atoms with E-state index < -0.39 is 0 Å². The Bertz CT molecular complexity index is 911. The summed E-state index contributed by atoms with van der Waals surface area (Å²) in [5.74, 6) is 1.38. The Kier molecular flexibility index (Phi) is 7.33. The van der Waals surface area contributed by atoms with Gasteiger partial charge in [0.25, 0.3) is 5.56 Å². The van der Waals surface area contributed by atoms with Crippen LogP contribution in [0.15, 0.2) is 23.0 Å². The molecule has 0 fully saturated rings. The number of nitrogens with zero attached hydrogens (tertiary/aromatic N) is 1. The molecule has 1 aromatic heterocycles. The summed E-state index contributed by atoms with van der Waals surface area (Å²) in [5, 5.41) is 4.63. The van der Waals surface area contributed by atoms with Crippen molar-refractivity contribution in [3.63, 3.8) is 0 Å². The highest BCUT2D eigenvalue weighted by atomic mass is 32.1. The van der Waals surface area contributed by atoms with E-state index in [1.165, 1.54) is 0 Å². The summed E-state index contributed by atoms with van der Waals surface area (Å²) in [6.07, 6.45) is 1.02. The van der Waals surface area contributed by atoms with Crippen molar-refractivity contribution < 1.29 is 14.4 Å². The van der Waals surface area contributed by atoms with E-state index in [0.29, 0.717) is 41.9 Å². The average molecular weight is 420 g/mol. The molecule has 1 aromatic carbocycles. The number of fused-ring (bicyclic) bond motifs is 2. The van der Waals surface area contributed by atoms with E-state index in [1.807, 2.05) is 25.2 Å². The molecule has 2 heterocycles. The monoisotopic (exact) mass is 419 g/mol. The number of benzene rings is 1. The lowest BCUT2D eigenvalue weighted by Gasteiger charge is -2.26. The number of rotatable bonds is 8. The van der Waals surface area contributed by atoms with Gasteiger partial charge in [-0.2, -0.15) is 0 Å². The van der Waals surface area contributed by atoms with E-state index in [-0.39, 0.29) is 5.56 Å². The maximum absolute atomic E-state index is 12.7. The zero-order valence-corrected chi connectivity index (χ0v) is 18.3. The van der Waals surface area contributed by atoms with Gasteiger partial charge in [-0.05, 0) is 38.2 Å². The van der Waals surface area contributed by atoms with Crippen LogP contribution in [0.1, 0.15) is 25.8 Å². The van der Waals surface area contributed by atoms with Crippen LogP contribution in [0.5, 0.6) is 11.5 Å². The van der Waals surface area contributed by atoms with Crippen LogP contribution in [-0.4, -0.2) is 61.4 Å². The standard InChI is InChI=1S/C21H30N4O3S/c1-4-24(5-2)7-6-8-25(21(29)22-3)14-16-11-15-12-18-19(28-10-9-27-18)13-17(15)23-20(16)26/h11-13H,4-10,14H2,1-3H3,(H,22,29)(H,23,26)/p+1. The van der Waals surface area contributed by atoms with E-state index in [0.717, 1.165) is 43.5 Å². The number of hydrogen-bond donors (Lipinski definition) is 3. The van der Waals surface area contributed by atoms with Crippen LogP contribution in [0.3, 0.4) is 0 Å². The maximum Gasteiger partial charge on any atom is 0.253 e. The van der Waals surface area contributed by atoms with Crippen LogP contribution in [-0.2, 0) is 6.54 Å². The summed E-state index contributed by atoms with van der Waals surface area (Å²) in [7, 11) is 1.82. The molecule has 1 aliphatic heterocycles. The molecule has 0 spiro atoms. The molecule has 0 bridgehead atoms. The summed E-state index contributed by atoms with van der Waals surface area (Å²) in [5.41, 5.74) is 1.32. The third kappa shape index (κ3) is 5.19. The van der Waals surface area contributed by atoms with Gasteiger partial charge in [-0.1, -0.05) is 0 Å². The normalized spacial score (nSPS) is 13.0. The highest BCUT2D eigenvalue weighted by molar-refractivity contribution is 7.80. The summed E-state index contributed by atoms with van der Waals surface area (Å²) >= 11 is 5.49. The lowest BCUT2D eigenvalue weighted by molar-refractivity contribution is -0.896. The Labute approximate surface area is 177 Å². The molecule has 0 saturated carbocycles. The number of H-pyrrole nitrogens is 1. The van der Waals surface area contributed by atoms with Gasteiger partial charge < -0.3 is 29.6 Å². The van der Waals surface area contributed by atoms with Crippen LogP contribution in [0.2, 0.25) is 0 Å². The number of ether oxygens (including phenoxy) is 2. The molecule has 8 heteroatoms. The molecular weight excluding hydrogens is 388 g/mol. The van der Waals surface area contributed by atoms with Crippen LogP contribution < -0.4 is 25.2 Å². The van der Waals surface area contributed by atoms with Gasteiger partial charge in [0.2, 0.25) is 0 Å². The third-order valence-electron chi connectivity index (χ3n) is 5.40. The Morgan fingerprint density at radius 2 is 1.90 bits per heavy atom. The first kappa shape index (κ1) is 21.4. The second-order valence-electron chi connectivity index (χ2n) is 7.24. The maximum atomic E-state index is 12.7. The number of quaternary nitrogens is 1. The second-order valence-corrected chi connectivity index (χ2v) is 7.63. The first-order valence-corrected chi connectivity index (χ1v) is 10.7. The molecule has 29 heavy (non-hydrogen) atoms. The lowest BCUT2D eigenvalue weighted by atomic mass is 10.1. The Morgan fingerprint density at radius 3 is 2.55 bits per heavy atom. The van der Waals surface area contributed by atoms with Crippen molar-refractivity contribution in [3.8, 4) is 11.5 Å². The molecule has 0 radical (unpaired) electrons. The van der Waals surface area contributed by atoms with Crippen molar-refractivity contribution >= 4 is 28.2 Å².